The predicted molar refractivity (Wildman–Crippen MR) is 178 cm³/mol. The molecule has 6 aliphatic rings. The lowest BCUT2D eigenvalue weighted by molar-refractivity contribution is -0.0576. The highest BCUT2D eigenvalue weighted by molar-refractivity contribution is 5.30. The van der Waals surface area contributed by atoms with Gasteiger partial charge in [0.05, 0.1) is 12.2 Å². The molecule has 0 radical (unpaired) electrons. The standard InChI is InChI=1S/C40H68O3/c1-25-20-26(2)40(18-19-40)39(42)34(25)12-9-13-37(41)35-23-33-21-32(31-16-14-29(15-17-31)24-43-5)22-36(33)38(28(35)4)27(3)30-10-7-6-8-11-30/h25-35,37,39,41-42H,6-24H2,1-5H3. The van der Waals surface area contributed by atoms with Gasteiger partial charge in [-0.05, 0) is 160 Å². The second kappa shape index (κ2) is 13.8. The molecule has 6 rings (SSSR count). The van der Waals surface area contributed by atoms with Crippen molar-refractivity contribution in [3.05, 3.63) is 11.1 Å². The van der Waals surface area contributed by atoms with Crippen molar-refractivity contribution in [2.75, 3.05) is 13.7 Å². The van der Waals surface area contributed by atoms with Crippen molar-refractivity contribution < 1.29 is 14.9 Å². The number of rotatable bonds is 10. The number of aliphatic hydroxyl groups excluding tert-OH is 2. The lowest BCUT2D eigenvalue weighted by Gasteiger charge is -2.44. The van der Waals surface area contributed by atoms with E-state index in [4.69, 9.17) is 4.74 Å². The Morgan fingerprint density at radius 1 is 0.907 bits per heavy atom. The van der Waals surface area contributed by atoms with Gasteiger partial charge in [-0.1, -0.05) is 64.5 Å². The van der Waals surface area contributed by atoms with Crippen LogP contribution in [-0.4, -0.2) is 36.1 Å². The SMILES string of the molecule is COCC1CCC(C2CC3=C(C(C)C4CCCCC4)C(C)C(C(O)CCCC4C(C)CC(C)C5(CC5)C4O)CC3C2)CC1. The smallest absolute Gasteiger partial charge is 0.0629 e. The molecule has 0 saturated heterocycles. The van der Waals surface area contributed by atoms with Crippen molar-refractivity contribution in [3.8, 4) is 0 Å². The number of methoxy groups -OCH3 is 1. The van der Waals surface area contributed by atoms with Crippen LogP contribution in [0.15, 0.2) is 11.1 Å². The van der Waals surface area contributed by atoms with Crippen LogP contribution in [0.3, 0.4) is 0 Å². The van der Waals surface area contributed by atoms with Crippen LogP contribution in [0.5, 0.6) is 0 Å². The third-order valence-corrected chi connectivity index (χ3v) is 15.2. The maximum atomic E-state index is 11.9. The Kier molecular flexibility index (Phi) is 10.4. The average molecular weight is 597 g/mol. The van der Waals surface area contributed by atoms with Crippen molar-refractivity contribution in [3.63, 3.8) is 0 Å². The van der Waals surface area contributed by atoms with E-state index in [1.807, 2.05) is 18.3 Å². The summed E-state index contributed by atoms with van der Waals surface area (Å²) >= 11 is 0. The van der Waals surface area contributed by atoms with Gasteiger partial charge in [0, 0.05) is 13.7 Å². The molecule has 43 heavy (non-hydrogen) atoms. The van der Waals surface area contributed by atoms with Gasteiger partial charge in [-0.2, -0.15) is 0 Å². The zero-order valence-corrected chi connectivity index (χ0v) is 28.7. The van der Waals surface area contributed by atoms with E-state index in [0.717, 1.165) is 55.5 Å². The van der Waals surface area contributed by atoms with Gasteiger partial charge in [0.15, 0.2) is 0 Å². The maximum absolute atomic E-state index is 11.9. The molecule has 0 heterocycles. The molecule has 0 aromatic rings. The van der Waals surface area contributed by atoms with E-state index in [-0.39, 0.29) is 17.6 Å². The zero-order valence-electron chi connectivity index (χ0n) is 28.7. The number of ether oxygens (including phenoxy) is 1. The molecule has 10 unspecified atom stereocenters. The monoisotopic (exact) mass is 597 g/mol. The van der Waals surface area contributed by atoms with Gasteiger partial charge in [0.25, 0.3) is 0 Å². The zero-order chi connectivity index (χ0) is 30.3. The third kappa shape index (κ3) is 6.58. The predicted octanol–water partition coefficient (Wildman–Crippen LogP) is 9.60. The van der Waals surface area contributed by atoms with Crippen LogP contribution in [0.1, 0.15) is 143 Å². The summed E-state index contributed by atoms with van der Waals surface area (Å²) in [7, 11) is 1.87. The van der Waals surface area contributed by atoms with E-state index in [1.54, 1.807) is 0 Å². The first kappa shape index (κ1) is 32.6. The highest BCUT2D eigenvalue weighted by Gasteiger charge is 2.58. The van der Waals surface area contributed by atoms with Gasteiger partial charge < -0.3 is 14.9 Å². The van der Waals surface area contributed by atoms with Crippen LogP contribution in [0.25, 0.3) is 0 Å². The minimum atomic E-state index is -0.196. The number of allylic oxidation sites excluding steroid dienone is 2. The van der Waals surface area contributed by atoms with Crippen molar-refractivity contribution >= 4 is 0 Å². The van der Waals surface area contributed by atoms with Gasteiger partial charge in [-0.15, -0.1) is 0 Å². The molecular formula is C40H68O3. The topological polar surface area (TPSA) is 49.7 Å². The van der Waals surface area contributed by atoms with Gasteiger partial charge in [0.2, 0.25) is 0 Å². The Morgan fingerprint density at radius 3 is 2.30 bits per heavy atom. The largest absolute Gasteiger partial charge is 0.393 e. The molecule has 246 valence electrons. The molecule has 1 spiro atoms. The fraction of sp³-hybridized carbons (Fsp3) is 0.950. The van der Waals surface area contributed by atoms with E-state index in [9.17, 15) is 10.2 Å². The highest BCUT2D eigenvalue weighted by atomic mass is 16.5. The molecule has 10 atom stereocenters. The van der Waals surface area contributed by atoms with Crippen LogP contribution in [0, 0.1) is 70.5 Å². The van der Waals surface area contributed by atoms with Gasteiger partial charge in [0.1, 0.15) is 0 Å². The van der Waals surface area contributed by atoms with E-state index in [2.05, 4.69) is 27.7 Å². The van der Waals surface area contributed by atoms with Crippen LogP contribution < -0.4 is 0 Å². The molecule has 2 N–H and O–H groups in total. The molecule has 6 aliphatic carbocycles. The summed E-state index contributed by atoms with van der Waals surface area (Å²) in [6.45, 7) is 10.8. The van der Waals surface area contributed by atoms with Crippen molar-refractivity contribution in [2.24, 2.45) is 70.5 Å². The normalized spacial score (nSPS) is 43.0. The van der Waals surface area contributed by atoms with E-state index >= 15 is 0 Å². The van der Waals surface area contributed by atoms with Crippen molar-refractivity contribution in [1.82, 2.24) is 0 Å². The van der Waals surface area contributed by atoms with E-state index < -0.39 is 0 Å². The maximum Gasteiger partial charge on any atom is 0.0629 e. The van der Waals surface area contributed by atoms with Gasteiger partial charge in [-0.25, -0.2) is 0 Å². The van der Waals surface area contributed by atoms with Gasteiger partial charge >= 0.3 is 0 Å². The second-order valence-corrected chi connectivity index (χ2v) is 17.4. The minimum absolute atomic E-state index is 0.120. The summed E-state index contributed by atoms with van der Waals surface area (Å²) in [4.78, 5) is 0. The van der Waals surface area contributed by atoms with Gasteiger partial charge in [-0.3, -0.25) is 0 Å². The Labute approximate surface area is 265 Å². The third-order valence-electron chi connectivity index (χ3n) is 15.2. The summed E-state index contributed by atoms with van der Waals surface area (Å²) in [6.07, 6.45) is 23.1. The van der Waals surface area contributed by atoms with Crippen LogP contribution in [0.4, 0.5) is 0 Å². The van der Waals surface area contributed by atoms with Crippen LogP contribution >= 0.6 is 0 Å². The lowest BCUT2D eigenvalue weighted by Crippen LogP contribution is -2.44. The van der Waals surface area contributed by atoms with Crippen molar-refractivity contribution in [1.29, 1.82) is 0 Å². The molecule has 0 aromatic carbocycles. The Hall–Kier alpha value is -0.380. The fourth-order valence-electron chi connectivity index (χ4n) is 12.3. The number of hydrogen-bond acceptors (Lipinski definition) is 3. The first-order valence-corrected chi connectivity index (χ1v) is 19.3. The molecule has 3 heteroatoms. The first-order chi connectivity index (χ1) is 20.7. The molecule has 5 saturated carbocycles. The second-order valence-electron chi connectivity index (χ2n) is 17.4. The molecule has 0 aromatic heterocycles. The van der Waals surface area contributed by atoms with E-state index in [1.165, 1.54) is 96.3 Å². The van der Waals surface area contributed by atoms with Crippen LogP contribution in [0.2, 0.25) is 0 Å². The summed E-state index contributed by atoms with van der Waals surface area (Å²) in [5.74, 6) is 7.44. The van der Waals surface area contributed by atoms with Crippen LogP contribution in [-0.2, 0) is 4.74 Å². The summed E-state index contributed by atoms with van der Waals surface area (Å²) < 4.78 is 5.51. The quantitative estimate of drug-likeness (QED) is 0.247. The molecule has 0 aliphatic heterocycles. The van der Waals surface area contributed by atoms with E-state index in [0.29, 0.717) is 35.5 Å². The van der Waals surface area contributed by atoms with Crippen molar-refractivity contribution in [2.45, 2.75) is 155 Å². The highest BCUT2D eigenvalue weighted by Crippen LogP contribution is 2.62. The fourth-order valence-corrected chi connectivity index (χ4v) is 12.3. The number of aliphatic hydroxyl groups is 2. The summed E-state index contributed by atoms with van der Waals surface area (Å²) in [6, 6.07) is 0. The molecule has 0 amide bonds. The molecule has 5 fully saturated rings. The summed E-state index contributed by atoms with van der Waals surface area (Å²) in [5, 5.41) is 23.3. The minimum Gasteiger partial charge on any atom is -0.393 e. The Bertz CT molecular complexity index is 937. The average Bonchev–Trinajstić information content (AvgIpc) is 3.71. The molecule has 3 nitrogen and oxygen atoms in total. The molecular weight excluding hydrogens is 528 g/mol. The summed E-state index contributed by atoms with van der Waals surface area (Å²) in [5.41, 5.74) is 3.94. The molecule has 0 bridgehead atoms. The number of hydrogen-bond donors (Lipinski definition) is 2. The Morgan fingerprint density at radius 2 is 1.63 bits per heavy atom. The Balaban J connectivity index is 1.12. The number of fused-ring (bicyclic) bond motifs is 1. The lowest BCUT2D eigenvalue weighted by atomic mass is 9.62. The first-order valence-electron chi connectivity index (χ1n) is 19.3.